The van der Waals surface area contributed by atoms with Gasteiger partial charge in [-0.2, -0.15) is 0 Å². The highest BCUT2D eigenvalue weighted by Crippen LogP contribution is 2.56. The number of hydrogen-bond acceptors (Lipinski definition) is 5. The van der Waals surface area contributed by atoms with E-state index in [0.717, 1.165) is 6.07 Å². The van der Waals surface area contributed by atoms with Gasteiger partial charge in [0, 0.05) is 29.6 Å². The van der Waals surface area contributed by atoms with E-state index in [1.807, 2.05) is 0 Å². The number of nitrogens with one attached hydrogen (secondary N) is 1. The van der Waals surface area contributed by atoms with E-state index in [-0.39, 0.29) is 45.8 Å². The fraction of sp³-hybridized carbons (Fsp3) is 0.308. The Labute approximate surface area is 216 Å². The lowest BCUT2D eigenvalue weighted by Gasteiger charge is -2.42. The molecule has 2 aliphatic rings. The maximum absolute atomic E-state index is 13.7. The summed E-state index contributed by atoms with van der Waals surface area (Å²) in [5, 5.41) is 12.9. The standard InChI is InChI=1S/C26H22ClF3N2O4S/c27-19-7-4-14(25(33)32-17-12-20(28)24(30)21(29)13-17)9-22(19)37(35,36)18-10-15-5-6-16(11-18)26(15,34)23-3-1-2-8-31-23/h1-4,7-9,12-13,15-16,18,34H,5-6,10-11H2,(H,32,33)/t15?,16?,18-,26-. The van der Waals surface area contributed by atoms with Gasteiger partial charge in [0.2, 0.25) is 0 Å². The first-order chi connectivity index (χ1) is 17.5. The van der Waals surface area contributed by atoms with Crippen molar-refractivity contribution in [3.8, 4) is 0 Å². The molecule has 1 amide bonds. The van der Waals surface area contributed by atoms with Crippen LogP contribution in [0.1, 0.15) is 41.7 Å². The average molecular weight is 551 g/mol. The zero-order valence-corrected chi connectivity index (χ0v) is 20.9. The van der Waals surface area contributed by atoms with Gasteiger partial charge in [-0.1, -0.05) is 17.7 Å². The third-order valence-corrected chi connectivity index (χ3v) is 10.1. The van der Waals surface area contributed by atoms with Crippen molar-refractivity contribution in [2.45, 2.75) is 41.4 Å². The van der Waals surface area contributed by atoms with Crippen LogP contribution in [0.25, 0.3) is 0 Å². The number of halogens is 4. The van der Waals surface area contributed by atoms with E-state index < -0.39 is 44.0 Å². The fourth-order valence-electron chi connectivity index (χ4n) is 5.65. The van der Waals surface area contributed by atoms with E-state index in [4.69, 9.17) is 11.6 Å². The number of hydrogen-bond donors (Lipinski definition) is 2. The Hall–Kier alpha value is -2.95. The number of rotatable bonds is 5. The second-order valence-electron chi connectivity index (χ2n) is 9.50. The number of aromatic nitrogens is 1. The lowest BCUT2D eigenvalue weighted by atomic mass is 9.72. The zero-order valence-electron chi connectivity index (χ0n) is 19.3. The predicted molar refractivity (Wildman–Crippen MR) is 130 cm³/mol. The minimum absolute atomic E-state index is 0.0756. The molecule has 37 heavy (non-hydrogen) atoms. The summed E-state index contributed by atoms with van der Waals surface area (Å²) in [5.74, 6) is -6.11. The third-order valence-electron chi connectivity index (χ3n) is 7.46. The van der Waals surface area contributed by atoms with Gasteiger partial charge in [-0.05, 0) is 67.9 Å². The van der Waals surface area contributed by atoms with Crippen LogP contribution in [-0.4, -0.2) is 29.7 Å². The van der Waals surface area contributed by atoms with Crippen LogP contribution >= 0.6 is 11.6 Å². The quantitative estimate of drug-likeness (QED) is 0.423. The maximum Gasteiger partial charge on any atom is 0.255 e. The molecule has 0 radical (unpaired) electrons. The van der Waals surface area contributed by atoms with Gasteiger partial charge in [0.1, 0.15) is 5.60 Å². The van der Waals surface area contributed by atoms with Gasteiger partial charge >= 0.3 is 0 Å². The molecule has 0 saturated heterocycles. The molecule has 1 heterocycles. The second kappa shape index (κ2) is 9.41. The normalized spacial score (nSPS) is 25.2. The van der Waals surface area contributed by atoms with Crippen LogP contribution in [0.3, 0.4) is 0 Å². The fourth-order valence-corrected chi connectivity index (χ4v) is 8.05. The number of amides is 1. The number of aliphatic hydroxyl groups is 1. The minimum atomic E-state index is -4.01. The van der Waals surface area contributed by atoms with Crippen LogP contribution < -0.4 is 5.32 Å². The first kappa shape index (κ1) is 25.7. The molecule has 11 heteroatoms. The molecule has 0 aliphatic heterocycles. The van der Waals surface area contributed by atoms with E-state index in [2.05, 4.69) is 10.3 Å². The number of anilines is 1. The van der Waals surface area contributed by atoms with Crippen LogP contribution in [0.4, 0.5) is 18.9 Å². The van der Waals surface area contributed by atoms with E-state index in [1.165, 1.54) is 12.1 Å². The Morgan fingerprint density at radius 2 is 1.68 bits per heavy atom. The van der Waals surface area contributed by atoms with Crippen molar-refractivity contribution < 1.29 is 31.5 Å². The Bertz CT molecular complexity index is 1450. The molecular weight excluding hydrogens is 529 g/mol. The third kappa shape index (κ3) is 4.41. The molecule has 2 aromatic carbocycles. The van der Waals surface area contributed by atoms with E-state index in [0.29, 0.717) is 30.7 Å². The van der Waals surface area contributed by atoms with Crippen LogP contribution in [0.5, 0.6) is 0 Å². The van der Waals surface area contributed by atoms with Crippen molar-refractivity contribution in [2.24, 2.45) is 11.8 Å². The Kier molecular flexibility index (Phi) is 6.54. The summed E-state index contributed by atoms with van der Waals surface area (Å²) in [4.78, 5) is 16.8. The largest absolute Gasteiger partial charge is 0.383 e. The number of carbonyl (C=O) groups is 1. The molecule has 2 fully saturated rings. The summed E-state index contributed by atoms with van der Waals surface area (Å²) in [7, 11) is -4.01. The molecule has 1 aromatic heterocycles. The summed E-state index contributed by atoms with van der Waals surface area (Å²) in [6, 6.07) is 10.2. The first-order valence-electron chi connectivity index (χ1n) is 11.6. The van der Waals surface area contributed by atoms with Crippen molar-refractivity contribution in [3.63, 3.8) is 0 Å². The number of fused-ring (bicyclic) bond motifs is 2. The topological polar surface area (TPSA) is 96.4 Å². The van der Waals surface area contributed by atoms with Crippen LogP contribution in [0, 0.1) is 29.3 Å². The molecule has 2 saturated carbocycles. The SMILES string of the molecule is O=C(Nc1cc(F)c(F)c(F)c1)c1ccc(Cl)c(S(=O)(=O)[C@H]2CC3CCC(C2)[C@]3(O)c2ccccn2)c1. The van der Waals surface area contributed by atoms with Crippen LogP contribution in [-0.2, 0) is 15.4 Å². The molecule has 0 spiro atoms. The predicted octanol–water partition coefficient (Wildman–Crippen LogP) is 5.25. The van der Waals surface area contributed by atoms with Gasteiger partial charge in [0.05, 0.1) is 20.9 Å². The highest BCUT2D eigenvalue weighted by Gasteiger charge is 2.57. The lowest BCUT2D eigenvalue weighted by molar-refractivity contribution is -0.0682. The number of nitrogens with zero attached hydrogens (tertiary/aromatic N) is 1. The second-order valence-corrected chi connectivity index (χ2v) is 12.1. The summed E-state index contributed by atoms with van der Waals surface area (Å²) in [5.41, 5.74) is -1.13. The summed E-state index contributed by atoms with van der Waals surface area (Å²) >= 11 is 6.25. The molecule has 6 nitrogen and oxygen atoms in total. The van der Waals surface area contributed by atoms with E-state index >= 15 is 0 Å². The Morgan fingerprint density at radius 1 is 1.03 bits per heavy atom. The highest BCUT2D eigenvalue weighted by molar-refractivity contribution is 7.92. The first-order valence-corrected chi connectivity index (χ1v) is 13.6. The van der Waals surface area contributed by atoms with Crippen molar-refractivity contribution in [1.82, 2.24) is 4.98 Å². The van der Waals surface area contributed by atoms with Gasteiger partial charge in [-0.15, -0.1) is 0 Å². The van der Waals surface area contributed by atoms with Gasteiger partial charge in [-0.3, -0.25) is 9.78 Å². The molecule has 5 rings (SSSR count). The van der Waals surface area contributed by atoms with E-state index in [9.17, 15) is 31.5 Å². The van der Waals surface area contributed by atoms with E-state index in [1.54, 1.807) is 24.4 Å². The molecule has 2 unspecified atom stereocenters. The van der Waals surface area contributed by atoms with Crippen LogP contribution in [0.15, 0.2) is 59.6 Å². The number of carbonyl (C=O) groups excluding carboxylic acids is 1. The molecule has 2 aliphatic carbocycles. The van der Waals surface area contributed by atoms with Gasteiger partial charge in [0.15, 0.2) is 27.3 Å². The maximum atomic E-state index is 13.7. The molecule has 3 aromatic rings. The lowest BCUT2D eigenvalue weighted by Crippen LogP contribution is -2.46. The van der Waals surface area contributed by atoms with Gasteiger partial charge in [0.25, 0.3) is 5.91 Å². The highest BCUT2D eigenvalue weighted by atomic mass is 35.5. The Morgan fingerprint density at radius 3 is 2.27 bits per heavy atom. The van der Waals surface area contributed by atoms with Crippen molar-refractivity contribution >= 4 is 33.0 Å². The zero-order chi connectivity index (χ0) is 26.5. The number of benzene rings is 2. The minimum Gasteiger partial charge on any atom is -0.383 e. The van der Waals surface area contributed by atoms with Crippen molar-refractivity contribution in [1.29, 1.82) is 0 Å². The van der Waals surface area contributed by atoms with Gasteiger partial charge in [-0.25, -0.2) is 21.6 Å². The van der Waals surface area contributed by atoms with Gasteiger partial charge < -0.3 is 10.4 Å². The van der Waals surface area contributed by atoms with Crippen LogP contribution in [0.2, 0.25) is 5.02 Å². The molecule has 2 bridgehead atoms. The smallest absolute Gasteiger partial charge is 0.255 e. The Balaban J connectivity index is 1.41. The number of pyridine rings is 1. The summed E-state index contributed by atoms with van der Waals surface area (Å²) < 4.78 is 67.6. The summed E-state index contributed by atoms with van der Waals surface area (Å²) in [6.07, 6.45) is 3.32. The number of sulfone groups is 1. The van der Waals surface area contributed by atoms with Crippen molar-refractivity contribution in [2.75, 3.05) is 5.32 Å². The van der Waals surface area contributed by atoms with Crippen molar-refractivity contribution in [3.05, 3.63) is 88.5 Å². The average Bonchev–Trinajstić information content (AvgIpc) is 3.04. The molecular formula is C26H22ClF3N2O4S. The molecule has 2 atom stereocenters. The molecule has 2 N–H and O–H groups in total. The molecule has 194 valence electrons. The summed E-state index contributed by atoms with van der Waals surface area (Å²) in [6.45, 7) is 0. The monoisotopic (exact) mass is 550 g/mol.